The van der Waals surface area contributed by atoms with E-state index in [1.807, 2.05) is 0 Å². The maximum absolute atomic E-state index is 10.8. The minimum absolute atomic E-state index is 0.328. The van der Waals surface area contributed by atoms with Gasteiger partial charge in [-0.1, -0.05) is 0 Å². The van der Waals surface area contributed by atoms with Crippen LogP contribution in [0, 0.1) is 4.91 Å². The molecule has 0 unspecified atom stereocenters. The van der Waals surface area contributed by atoms with Crippen LogP contribution in [0.4, 0.5) is 5.69 Å². The van der Waals surface area contributed by atoms with Crippen LogP contribution in [-0.2, 0) is 9.59 Å². The molecule has 0 fully saturated rings. The highest BCUT2D eigenvalue weighted by Crippen LogP contribution is 2.19. The van der Waals surface area contributed by atoms with Gasteiger partial charge in [0.1, 0.15) is 12.3 Å². The molecule has 0 bridgehead atoms. The summed E-state index contributed by atoms with van der Waals surface area (Å²) in [5.41, 5.74) is 5.58. The molecule has 1 aromatic carbocycles. The van der Waals surface area contributed by atoms with Gasteiger partial charge < -0.3 is 10.5 Å². The van der Waals surface area contributed by atoms with E-state index in [1.165, 1.54) is 11.9 Å². The Kier molecular flexibility index (Phi) is 4.81. The van der Waals surface area contributed by atoms with E-state index in [1.54, 1.807) is 31.3 Å². The summed E-state index contributed by atoms with van der Waals surface area (Å²) in [4.78, 5) is 32.2. The molecule has 1 aromatic rings. The first kappa shape index (κ1) is 14.4. The first-order valence-corrected chi connectivity index (χ1v) is 5.35. The number of amides is 1. The summed E-state index contributed by atoms with van der Waals surface area (Å²) in [5.74, 6) is -0.723. The number of carbonyl (C=O) groups excluding carboxylic acids is 2. The van der Waals surface area contributed by atoms with Crippen molar-refractivity contribution in [2.45, 2.75) is 6.92 Å². The third-order valence-electron chi connectivity index (χ3n) is 2.21. The van der Waals surface area contributed by atoms with E-state index in [-0.39, 0.29) is 6.54 Å². The van der Waals surface area contributed by atoms with Crippen LogP contribution in [0.25, 0.3) is 0 Å². The fourth-order valence-electron chi connectivity index (χ4n) is 1.36. The van der Waals surface area contributed by atoms with Gasteiger partial charge in [-0.05, 0) is 24.3 Å². The molecule has 0 spiro atoms. The quantitative estimate of drug-likeness (QED) is 0.346. The van der Waals surface area contributed by atoms with E-state index < -0.39 is 11.9 Å². The average Bonchev–Trinajstić information content (AvgIpc) is 2.35. The van der Waals surface area contributed by atoms with E-state index in [9.17, 15) is 14.5 Å². The SMILES string of the molecule is CC(=O)Oc1ccc(N(C)N(CC(N)=O)N=O)cc1. The maximum atomic E-state index is 10.8. The molecule has 1 amide bonds. The summed E-state index contributed by atoms with van der Waals surface area (Å²) in [6.07, 6.45) is 0. The smallest absolute Gasteiger partial charge is 0.308 e. The molecule has 2 N–H and O–H groups in total. The Balaban J connectivity index is 2.81. The fourth-order valence-corrected chi connectivity index (χ4v) is 1.36. The van der Waals surface area contributed by atoms with E-state index >= 15 is 0 Å². The molecule has 0 saturated heterocycles. The van der Waals surface area contributed by atoms with Crippen molar-refractivity contribution in [3.8, 4) is 5.75 Å². The molecule has 0 aliphatic heterocycles. The van der Waals surface area contributed by atoms with Crippen LogP contribution in [0.5, 0.6) is 5.75 Å². The van der Waals surface area contributed by atoms with Crippen molar-refractivity contribution in [2.24, 2.45) is 11.0 Å². The molecule has 0 aliphatic rings. The highest BCUT2D eigenvalue weighted by Gasteiger charge is 2.14. The Morgan fingerprint density at radius 3 is 2.32 bits per heavy atom. The molecule has 0 radical (unpaired) electrons. The van der Waals surface area contributed by atoms with Crippen LogP contribution in [0.2, 0.25) is 0 Å². The van der Waals surface area contributed by atoms with E-state index in [4.69, 9.17) is 10.5 Å². The van der Waals surface area contributed by atoms with Gasteiger partial charge in [0, 0.05) is 14.0 Å². The molecule has 102 valence electrons. The maximum Gasteiger partial charge on any atom is 0.308 e. The van der Waals surface area contributed by atoms with Crippen molar-refractivity contribution in [3.63, 3.8) is 0 Å². The standard InChI is InChI=1S/C11H14N4O4/c1-8(16)19-10-5-3-9(4-6-10)14(2)15(13-18)7-11(12)17/h3-6H,7H2,1-2H3,(H2,12,17). The van der Waals surface area contributed by atoms with Gasteiger partial charge in [0.05, 0.1) is 11.0 Å². The number of hydrogen-bond donors (Lipinski definition) is 1. The van der Waals surface area contributed by atoms with Crippen LogP contribution < -0.4 is 15.5 Å². The van der Waals surface area contributed by atoms with Crippen molar-refractivity contribution in [3.05, 3.63) is 29.2 Å². The van der Waals surface area contributed by atoms with E-state index in [0.717, 1.165) is 5.12 Å². The van der Waals surface area contributed by atoms with Crippen molar-refractivity contribution in [1.29, 1.82) is 0 Å². The third-order valence-corrected chi connectivity index (χ3v) is 2.21. The lowest BCUT2D eigenvalue weighted by atomic mass is 10.3. The molecule has 0 saturated carbocycles. The number of hydrogen-bond acceptors (Lipinski definition) is 6. The van der Waals surface area contributed by atoms with Gasteiger partial charge >= 0.3 is 5.97 Å². The summed E-state index contributed by atoms with van der Waals surface area (Å²) in [5, 5.41) is 4.93. The molecule has 0 aromatic heterocycles. The van der Waals surface area contributed by atoms with Gasteiger partial charge in [0.2, 0.25) is 5.91 Å². The number of primary amides is 1. The second kappa shape index (κ2) is 6.34. The van der Waals surface area contributed by atoms with Crippen LogP contribution in [0.1, 0.15) is 6.92 Å². The molecular weight excluding hydrogens is 252 g/mol. The Morgan fingerprint density at radius 2 is 1.89 bits per heavy atom. The first-order valence-electron chi connectivity index (χ1n) is 5.35. The van der Waals surface area contributed by atoms with Crippen LogP contribution in [0.3, 0.4) is 0 Å². The lowest BCUT2D eigenvalue weighted by Gasteiger charge is -2.26. The number of nitrogens with zero attached hydrogens (tertiary/aromatic N) is 3. The molecule has 0 aliphatic carbocycles. The molecule has 0 atom stereocenters. The van der Waals surface area contributed by atoms with Crippen LogP contribution in [0.15, 0.2) is 29.6 Å². The molecule has 8 nitrogen and oxygen atoms in total. The highest BCUT2D eigenvalue weighted by atomic mass is 16.5. The average molecular weight is 266 g/mol. The zero-order chi connectivity index (χ0) is 14.4. The van der Waals surface area contributed by atoms with E-state index in [0.29, 0.717) is 11.4 Å². The fraction of sp³-hybridized carbons (Fsp3) is 0.273. The number of carbonyl (C=O) groups is 2. The Morgan fingerprint density at radius 1 is 1.32 bits per heavy atom. The number of nitrogens with two attached hydrogens (primary N) is 1. The summed E-state index contributed by atoms with van der Waals surface area (Å²) < 4.78 is 4.87. The second-order valence-electron chi connectivity index (χ2n) is 3.69. The number of hydrazine groups is 1. The number of rotatable bonds is 6. The number of benzene rings is 1. The van der Waals surface area contributed by atoms with Gasteiger partial charge in [-0.25, -0.2) is 0 Å². The predicted molar refractivity (Wildman–Crippen MR) is 67.8 cm³/mol. The number of ether oxygens (including phenoxy) is 1. The first-order chi connectivity index (χ1) is 8.93. The summed E-state index contributed by atoms with van der Waals surface area (Å²) >= 11 is 0. The zero-order valence-electron chi connectivity index (χ0n) is 10.6. The minimum Gasteiger partial charge on any atom is -0.427 e. The Hall–Kier alpha value is -2.64. The van der Waals surface area contributed by atoms with Crippen molar-refractivity contribution >= 4 is 17.6 Å². The molecular formula is C11H14N4O4. The van der Waals surface area contributed by atoms with Gasteiger partial charge in [-0.15, -0.1) is 4.91 Å². The highest BCUT2D eigenvalue weighted by molar-refractivity contribution is 5.76. The number of anilines is 1. The summed E-state index contributed by atoms with van der Waals surface area (Å²) in [6.45, 7) is 0.969. The number of nitroso groups, excluding NO2 is 1. The Labute approximate surface area is 109 Å². The summed E-state index contributed by atoms with van der Waals surface area (Å²) in [7, 11) is 1.55. The number of esters is 1. The monoisotopic (exact) mass is 266 g/mol. The van der Waals surface area contributed by atoms with Crippen LogP contribution >= 0.6 is 0 Å². The van der Waals surface area contributed by atoms with Gasteiger partial charge in [0.15, 0.2) is 0 Å². The zero-order valence-corrected chi connectivity index (χ0v) is 10.6. The lowest BCUT2D eigenvalue weighted by Crippen LogP contribution is -2.41. The Bertz CT molecular complexity index is 474. The van der Waals surface area contributed by atoms with Gasteiger partial charge in [0.25, 0.3) is 0 Å². The molecule has 0 heterocycles. The minimum atomic E-state index is -0.678. The normalized spacial score (nSPS) is 9.58. The van der Waals surface area contributed by atoms with Gasteiger partial charge in [-0.2, -0.15) is 5.12 Å². The second-order valence-corrected chi connectivity index (χ2v) is 3.69. The third kappa shape index (κ3) is 4.26. The topological polar surface area (TPSA) is 105 Å². The predicted octanol–water partition coefficient (Wildman–Crippen LogP) is 0.432. The van der Waals surface area contributed by atoms with Crippen LogP contribution in [-0.4, -0.2) is 30.6 Å². The largest absolute Gasteiger partial charge is 0.427 e. The van der Waals surface area contributed by atoms with Gasteiger partial charge in [-0.3, -0.25) is 14.6 Å². The van der Waals surface area contributed by atoms with Crippen molar-refractivity contribution < 1.29 is 14.3 Å². The summed E-state index contributed by atoms with van der Waals surface area (Å²) in [6, 6.07) is 6.33. The van der Waals surface area contributed by atoms with Crippen molar-refractivity contribution in [2.75, 3.05) is 18.6 Å². The molecule has 19 heavy (non-hydrogen) atoms. The van der Waals surface area contributed by atoms with Crippen molar-refractivity contribution in [1.82, 2.24) is 5.12 Å². The molecule has 1 rings (SSSR count). The van der Waals surface area contributed by atoms with E-state index in [2.05, 4.69) is 5.29 Å². The molecule has 8 heteroatoms. The lowest BCUT2D eigenvalue weighted by molar-refractivity contribution is -0.131.